The van der Waals surface area contributed by atoms with Crippen LogP contribution in [0.25, 0.3) is 0 Å². The van der Waals surface area contributed by atoms with Crippen molar-refractivity contribution in [3.63, 3.8) is 0 Å². The maximum Gasteiger partial charge on any atom is 0.328 e. The molecule has 0 aromatic heterocycles. The molecule has 0 fully saturated rings. The Kier molecular flexibility index (Phi) is 7.77. The number of hydrogen-bond acceptors (Lipinski definition) is 2. The first-order chi connectivity index (χ1) is 3.63. The summed E-state index contributed by atoms with van der Waals surface area (Å²) >= 11 is 0. The van der Waals surface area contributed by atoms with Crippen molar-refractivity contribution in [3.8, 4) is 0 Å². The molecule has 2 N–H and O–H groups in total. The topological polar surface area (TPSA) is 74.6 Å². The molecule has 0 aliphatic carbocycles. The number of carbonyl (C=O) groups is 2. The quantitative estimate of drug-likeness (QED) is 0.665. The third-order valence-electron chi connectivity index (χ3n) is 0.368. The molecule has 0 amide bonds. The molecule has 4 nitrogen and oxygen atoms in total. The Morgan fingerprint density at radius 1 is 1.00 bits per heavy atom. The molecule has 0 saturated carbocycles. The van der Waals surface area contributed by atoms with Crippen LogP contribution in [0.1, 0.15) is 0 Å². The van der Waals surface area contributed by atoms with Crippen molar-refractivity contribution in [3.05, 3.63) is 12.2 Å². The minimum absolute atomic E-state index is 0. The van der Waals surface area contributed by atoms with E-state index in [1.807, 2.05) is 0 Å². The van der Waals surface area contributed by atoms with Crippen LogP contribution in [-0.4, -0.2) is 22.2 Å². The van der Waals surface area contributed by atoms with Crippen LogP contribution in [0.15, 0.2) is 12.2 Å². The molecule has 0 heterocycles. The Bertz CT molecular complexity index is 124. The molecule has 5 heteroatoms. The average Bonchev–Trinajstić information content (AvgIpc) is 1.61. The Balaban J connectivity index is 0. The average molecular weight is 255 g/mol. The largest absolute Gasteiger partial charge is 0.478 e. The summed E-state index contributed by atoms with van der Waals surface area (Å²) in [4.78, 5) is 19.1. The fourth-order valence-corrected chi connectivity index (χ4v) is 0.143. The van der Waals surface area contributed by atoms with E-state index in [9.17, 15) is 9.59 Å². The summed E-state index contributed by atoms with van der Waals surface area (Å²) in [5.41, 5.74) is 0. The number of aliphatic carboxylic acids is 2. The van der Waals surface area contributed by atoms with Gasteiger partial charge >= 0.3 is 11.9 Å². The number of rotatable bonds is 2. The van der Waals surface area contributed by atoms with Gasteiger partial charge in [-0.15, -0.1) is 0 Å². The van der Waals surface area contributed by atoms with Gasteiger partial charge in [-0.2, -0.15) is 0 Å². The van der Waals surface area contributed by atoms with E-state index in [2.05, 4.69) is 0 Å². The van der Waals surface area contributed by atoms with Gasteiger partial charge in [0.05, 0.1) is 0 Å². The number of hydrogen-bond donors (Lipinski definition) is 2. The SMILES string of the molecule is O=C(O)/C=C\C(=O)O.[La]. The zero-order chi connectivity index (χ0) is 6.57. The molecule has 47 valence electrons. The first kappa shape index (κ1) is 11.6. The minimum atomic E-state index is -1.26. The van der Waals surface area contributed by atoms with E-state index in [1.54, 1.807) is 0 Å². The first-order valence-electron chi connectivity index (χ1n) is 1.77. The van der Waals surface area contributed by atoms with Crippen LogP contribution >= 0.6 is 0 Å². The molecule has 0 unspecified atom stereocenters. The second-order valence-electron chi connectivity index (χ2n) is 1.01. The predicted molar refractivity (Wildman–Crippen MR) is 24.4 cm³/mol. The minimum Gasteiger partial charge on any atom is -0.478 e. The van der Waals surface area contributed by atoms with Gasteiger partial charge in [0.15, 0.2) is 0 Å². The molecule has 0 aliphatic rings. The third-order valence-corrected chi connectivity index (χ3v) is 0.368. The van der Waals surface area contributed by atoms with Crippen molar-refractivity contribution in [2.45, 2.75) is 0 Å². The summed E-state index contributed by atoms with van der Waals surface area (Å²) in [6, 6.07) is 0. The van der Waals surface area contributed by atoms with Crippen LogP contribution in [-0.2, 0) is 9.59 Å². The summed E-state index contributed by atoms with van der Waals surface area (Å²) in [5, 5.41) is 15.6. The van der Waals surface area contributed by atoms with Gasteiger partial charge < -0.3 is 10.2 Å². The Morgan fingerprint density at radius 3 is 1.33 bits per heavy atom. The molecular formula is C4H4LaO4. The van der Waals surface area contributed by atoms with Crippen molar-refractivity contribution in [1.29, 1.82) is 0 Å². The summed E-state index contributed by atoms with van der Waals surface area (Å²) < 4.78 is 0. The summed E-state index contributed by atoms with van der Waals surface area (Å²) in [7, 11) is 0. The van der Waals surface area contributed by atoms with Crippen molar-refractivity contribution < 1.29 is 55.4 Å². The summed E-state index contributed by atoms with van der Waals surface area (Å²) in [5.74, 6) is -2.51. The van der Waals surface area contributed by atoms with Crippen molar-refractivity contribution >= 4 is 11.9 Å². The van der Waals surface area contributed by atoms with E-state index < -0.39 is 11.9 Å². The zero-order valence-electron chi connectivity index (χ0n) is 4.44. The summed E-state index contributed by atoms with van der Waals surface area (Å²) in [6.07, 6.45) is 1.12. The van der Waals surface area contributed by atoms with Crippen LogP contribution in [0.5, 0.6) is 0 Å². The maximum absolute atomic E-state index is 9.55. The zero-order valence-corrected chi connectivity index (χ0v) is 8.07. The molecule has 0 atom stereocenters. The molecule has 0 aromatic rings. The molecule has 9 heavy (non-hydrogen) atoms. The Morgan fingerprint density at radius 2 is 1.22 bits per heavy atom. The van der Waals surface area contributed by atoms with Gasteiger partial charge in [0.25, 0.3) is 0 Å². The Hall–Kier alpha value is -0.125. The van der Waals surface area contributed by atoms with Crippen LogP contribution < -0.4 is 0 Å². The summed E-state index contributed by atoms with van der Waals surface area (Å²) in [6.45, 7) is 0. The van der Waals surface area contributed by atoms with Crippen LogP contribution in [0.4, 0.5) is 0 Å². The van der Waals surface area contributed by atoms with E-state index in [1.165, 1.54) is 0 Å². The Labute approximate surface area is 79.2 Å². The van der Waals surface area contributed by atoms with Crippen LogP contribution in [0.2, 0.25) is 0 Å². The van der Waals surface area contributed by atoms with Crippen LogP contribution in [0.3, 0.4) is 0 Å². The molecule has 0 aliphatic heterocycles. The van der Waals surface area contributed by atoms with Gasteiger partial charge in [0, 0.05) is 47.8 Å². The van der Waals surface area contributed by atoms with Gasteiger partial charge in [-0.1, -0.05) is 0 Å². The molecule has 1 radical (unpaired) electrons. The fraction of sp³-hybridized carbons (Fsp3) is 0. The van der Waals surface area contributed by atoms with E-state index >= 15 is 0 Å². The smallest absolute Gasteiger partial charge is 0.328 e. The molecule has 0 bridgehead atoms. The number of carboxylic acids is 2. The van der Waals surface area contributed by atoms with Gasteiger partial charge in [-0.05, 0) is 0 Å². The molecule has 0 rings (SSSR count). The van der Waals surface area contributed by atoms with Crippen molar-refractivity contribution in [2.75, 3.05) is 0 Å². The maximum atomic E-state index is 9.55. The predicted octanol–water partition coefficient (Wildman–Crippen LogP) is -0.288. The second-order valence-corrected chi connectivity index (χ2v) is 1.01. The first-order valence-corrected chi connectivity index (χ1v) is 1.77. The third kappa shape index (κ3) is 11.4. The second kappa shape index (κ2) is 6.00. The van der Waals surface area contributed by atoms with Gasteiger partial charge in [0.1, 0.15) is 0 Å². The van der Waals surface area contributed by atoms with E-state index in [0.717, 1.165) is 0 Å². The monoisotopic (exact) mass is 255 g/mol. The van der Waals surface area contributed by atoms with Gasteiger partial charge in [-0.25, -0.2) is 9.59 Å². The number of carboxylic acid groups (broad SMARTS) is 2. The van der Waals surface area contributed by atoms with Gasteiger partial charge in [0.2, 0.25) is 0 Å². The standard InChI is InChI=1S/C4H4O4.La/c5-3(6)1-2-4(7)8;/h1-2H,(H,5,6)(H,7,8);/b2-1-;. The van der Waals surface area contributed by atoms with Crippen molar-refractivity contribution in [2.24, 2.45) is 0 Å². The molecule has 0 saturated heterocycles. The van der Waals surface area contributed by atoms with E-state index in [4.69, 9.17) is 10.2 Å². The molecule has 0 aromatic carbocycles. The molecule has 0 spiro atoms. The van der Waals surface area contributed by atoms with E-state index in [-0.39, 0.29) is 35.6 Å². The van der Waals surface area contributed by atoms with Crippen LogP contribution in [0, 0.1) is 35.6 Å². The normalized spacial score (nSPS) is 8.44. The van der Waals surface area contributed by atoms with E-state index in [0.29, 0.717) is 12.2 Å². The fourth-order valence-electron chi connectivity index (χ4n) is 0.143. The molecular weight excluding hydrogens is 251 g/mol. The van der Waals surface area contributed by atoms with Gasteiger partial charge in [-0.3, -0.25) is 0 Å². The van der Waals surface area contributed by atoms with Crippen molar-refractivity contribution in [1.82, 2.24) is 0 Å².